The van der Waals surface area contributed by atoms with Crippen LogP contribution in [0.15, 0.2) is 30.3 Å². The van der Waals surface area contributed by atoms with Gasteiger partial charge in [-0.25, -0.2) is 18.1 Å². The van der Waals surface area contributed by atoms with Crippen LogP contribution in [0.5, 0.6) is 0 Å². The second kappa shape index (κ2) is 5.19. The number of nitrogens with zero attached hydrogens (tertiary/aromatic N) is 3. The van der Waals surface area contributed by atoms with Gasteiger partial charge in [-0.05, 0) is 19.3 Å². The molecule has 6 heteroatoms. The van der Waals surface area contributed by atoms with Crippen molar-refractivity contribution in [3.8, 4) is 11.4 Å². The number of sulfone groups is 1. The maximum absolute atomic E-state index is 11.8. The lowest BCUT2D eigenvalue weighted by Crippen LogP contribution is -2.20. The van der Waals surface area contributed by atoms with Crippen molar-refractivity contribution in [3.63, 3.8) is 0 Å². The first-order valence-electron chi connectivity index (χ1n) is 7.85. The molecule has 0 N–H and O–H groups in total. The molecule has 1 saturated carbocycles. The van der Waals surface area contributed by atoms with Crippen LogP contribution < -0.4 is 0 Å². The molecule has 5 nitrogen and oxygen atoms in total. The number of hydrogen-bond donors (Lipinski definition) is 0. The van der Waals surface area contributed by atoms with Gasteiger partial charge in [-0.1, -0.05) is 36.8 Å². The van der Waals surface area contributed by atoms with Crippen molar-refractivity contribution in [2.75, 3.05) is 11.5 Å². The summed E-state index contributed by atoms with van der Waals surface area (Å²) in [4.78, 5) is 4.75. The van der Waals surface area contributed by atoms with E-state index < -0.39 is 9.84 Å². The van der Waals surface area contributed by atoms with Gasteiger partial charge in [-0.2, -0.15) is 5.10 Å². The van der Waals surface area contributed by atoms with Crippen molar-refractivity contribution >= 4 is 9.84 Å². The van der Waals surface area contributed by atoms with Crippen molar-refractivity contribution in [2.45, 2.75) is 37.6 Å². The highest BCUT2D eigenvalue weighted by atomic mass is 32.2. The van der Waals surface area contributed by atoms with E-state index in [9.17, 15) is 8.42 Å². The maximum atomic E-state index is 11.8. The molecule has 4 rings (SSSR count). The smallest absolute Gasteiger partial charge is 0.181 e. The van der Waals surface area contributed by atoms with Crippen molar-refractivity contribution in [3.05, 3.63) is 36.2 Å². The van der Waals surface area contributed by atoms with E-state index in [-0.39, 0.29) is 17.5 Å². The van der Waals surface area contributed by atoms with Gasteiger partial charge in [-0.15, -0.1) is 0 Å². The van der Waals surface area contributed by atoms with E-state index >= 15 is 0 Å². The van der Waals surface area contributed by atoms with Crippen molar-refractivity contribution < 1.29 is 8.42 Å². The Labute approximate surface area is 130 Å². The van der Waals surface area contributed by atoms with Crippen LogP contribution in [0.25, 0.3) is 11.4 Å². The van der Waals surface area contributed by atoms with Crippen molar-refractivity contribution in [2.24, 2.45) is 0 Å². The highest BCUT2D eigenvalue weighted by Crippen LogP contribution is 2.38. The average molecular weight is 317 g/mol. The molecule has 1 atom stereocenters. The topological polar surface area (TPSA) is 64.8 Å². The van der Waals surface area contributed by atoms with E-state index in [1.54, 1.807) is 0 Å². The second-order valence-electron chi connectivity index (χ2n) is 6.29. The molecule has 1 saturated heterocycles. The van der Waals surface area contributed by atoms with Gasteiger partial charge in [0, 0.05) is 11.5 Å². The van der Waals surface area contributed by atoms with E-state index in [0.29, 0.717) is 18.2 Å². The highest BCUT2D eigenvalue weighted by Gasteiger charge is 2.34. The Balaban J connectivity index is 1.74. The molecule has 0 amide bonds. The Hall–Kier alpha value is -1.69. The summed E-state index contributed by atoms with van der Waals surface area (Å²) in [6.07, 6.45) is 4.14. The van der Waals surface area contributed by atoms with Crippen LogP contribution in [0.1, 0.15) is 43.5 Å². The maximum Gasteiger partial charge on any atom is 0.181 e. The average Bonchev–Trinajstić information content (AvgIpc) is 3.02. The monoisotopic (exact) mass is 317 g/mol. The summed E-state index contributed by atoms with van der Waals surface area (Å²) in [5, 5.41) is 4.67. The van der Waals surface area contributed by atoms with Gasteiger partial charge in [-0.3, -0.25) is 0 Å². The van der Waals surface area contributed by atoms with Gasteiger partial charge in [0.1, 0.15) is 5.82 Å². The summed E-state index contributed by atoms with van der Waals surface area (Å²) in [5.74, 6) is 2.60. The molecular weight excluding hydrogens is 298 g/mol. The Morgan fingerprint density at radius 2 is 1.86 bits per heavy atom. The first-order chi connectivity index (χ1) is 10.6. The van der Waals surface area contributed by atoms with Crippen LogP contribution in [0.3, 0.4) is 0 Å². The molecule has 22 heavy (non-hydrogen) atoms. The second-order valence-corrected chi connectivity index (χ2v) is 8.52. The van der Waals surface area contributed by atoms with Crippen LogP contribution in [-0.2, 0) is 9.84 Å². The minimum atomic E-state index is -2.92. The summed E-state index contributed by atoms with van der Waals surface area (Å²) in [6.45, 7) is 0. The third kappa shape index (κ3) is 2.45. The Morgan fingerprint density at radius 3 is 2.45 bits per heavy atom. The van der Waals surface area contributed by atoms with Gasteiger partial charge in [0.25, 0.3) is 0 Å². The molecule has 2 fully saturated rings. The Bertz CT molecular complexity index is 779. The molecule has 1 unspecified atom stereocenters. The molecule has 2 aromatic rings. The Kier molecular flexibility index (Phi) is 3.29. The summed E-state index contributed by atoms with van der Waals surface area (Å²) in [7, 11) is -2.92. The molecule has 2 aliphatic rings. The molecule has 0 bridgehead atoms. The lowest BCUT2D eigenvalue weighted by atomic mass is 9.84. The third-order valence-electron chi connectivity index (χ3n) is 4.71. The third-order valence-corrected chi connectivity index (χ3v) is 6.46. The zero-order chi connectivity index (χ0) is 15.2. The summed E-state index contributed by atoms with van der Waals surface area (Å²) >= 11 is 0. The fraction of sp³-hybridized carbons (Fsp3) is 0.500. The van der Waals surface area contributed by atoms with Gasteiger partial charge in [0.15, 0.2) is 15.7 Å². The minimum absolute atomic E-state index is 0.0504. The fourth-order valence-electron chi connectivity index (χ4n) is 3.23. The van der Waals surface area contributed by atoms with Crippen LogP contribution in [0.4, 0.5) is 0 Å². The van der Waals surface area contributed by atoms with E-state index in [2.05, 4.69) is 5.10 Å². The quantitative estimate of drug-likeness (QED) is 0.873. The fourth-order valence-corrected chi connectivity index (χ4v) is 4.92. The largest absolute Gasteiger partial charge is 0.245 e. The zero-order valence-corrected chi connectivity index (χ0v) is 13.2. The first kappa shape index (κ1) is 13.9. The number of benzene rings is 1. The van der Waals surface area contributed by atoms with Gasteiger partial charge in [0.05, 0.1) is 17.5 Å². The van der Waals surface area contributed by atoms with E-state index in [1.165, 1.54) is 6.42 Å². The molecule has 0 radical (unpaired) electrons. The molecule has 2 heterocycles. The van der Waals surface area contributed by atoms with Crippen LogP contribution in [0.2, 0.25) is 0 Å². The number of hydrogen-bond acceptors (Lipinski definition) is 4. The molecule has 1 aliphatic heterocycles. The molecule has 1 aromatic carbocycles. The van der Waals surface area contributed by atoms with Gasteiger partial charge in [0.2, 0.25) is 0 Å². The predicted octanol–water partition coefficient (Wildman–Crippen LogP) is 2.57. The van der Waals surface area contributed by atoms with Crippen molar-refractivity contribution in [1.29, 1.82) is 0 Å². The number of aromatic nitrogens is 3. The molecule has 1 aromatic heterocycles. The summed E-state index contributed by atoms with van der Waals surface area (Å²) in [5.41, 5.74) is 0.989. The van der Waals surface area contributed by atoms with Crippen LogP contribution in [-0.4, -0.2) is 34.7 Å². The highest BCUT2D eigenvalue weighted by molar-refractivity contribution is 7.91. The zero-order valence-electron chi connectivity index (χ0n) is 12.4. The SMILES string of the molecule is O=S1(=O)CCC(n2nc(-c3ccccc3)nc2C2CCC2)C1. The van der Waals surface area contributed by atoms with E-state index in [1.807, 2.05) is 35.0 Å². The molecule has 116 valence electrons. The number of rotatable bonds is 3. The minimum Gasteiger partial charge on any atom is -0.245 e. The molecular formula is C16H19N3O2S. The lowest BCUT2D eigenvalue weighted by molar-refractivity contribution is 0.362. The van der Waals surface area contributed by atoms with Crippen LogP contribution >= 0.6 is 0 Å². The van der Waals surface area contributed by atoms with E-state index in [0.717, 1.165) is 24.2 Å². The standard InChI is InChI=1S/C16H19N3O2S/c20-22(21)10-9-14(11-22)19-16(13-7-4-8-13)17-15(18-19)12-5-2-1-3-6-12/h1-3,5-6,13-14H,4,7-11H2. The van der Waals surface area contributed by atoms with E-state index in [4.69, 9.17) is 4.98 Å². The van der Waals surface area contributed by atoms with Crippen molar-refractivity contribution in [1.82, 2.24) is 14.8 Å². The van der Waals surface area contributed by atoms with Gasteiger partial charge < -0.3 is 0 Å². The lowest BCUT2D eigenvalue weighted by Gasteiger charge is -2.26. The summed E-state index contributed by atoms with van der Waals surface area (Å²) < 4.78 is 25.5. The molecule has 1 aliphatic carbocycles. The molecule has 0 spiro atoms. The Morgan fingerprint density at radius 1 is 1.09 bits per heavy atom. The van der Waals surface area contributed by atoms with Gasteiger partial charge >= 0.3 is 0 Å². The summed E-state index contributed by atoms with van der Waals surface area (Å²) in [6, 6.07) is 9.85. The first-order valence-corrected chi connectivity index (χ1v) is 9.67. The van der Waals surface area contributed by atoms with Crippen LogP contribution in [0, 0.1) is 0 Å². The predicted molar refractivity (Wildman–Crippen MR) is 84.4 cm³/mol. The normalized spacial score (nSPS) is 24.3.